The number of carbonyl (C=O) groups excluding carboxylic acids is 1. The number of carbonyl (C=O) groups is 1. The first-order chi connectivity index (χ1) is 14.7. The Labute approximate surface area is 178 Å². The van der Waals surface area contributed by atoms with Gasteiger partial charge in [0.1, 0.15) is 5.82 Å². The highest BCUT2D eigenvalue weighted by atomic mass is 35.5. The molecular formula is C22H19ClN6O. The maximum atomic E-state index is 13.0. The number of hydrogen-bond acceptors (Lipinski definition) is 5. The molecule has 0 spiro atoms. The average molecular weight is 419 g/mol. The Morgan fingerprint density at radius 1 is 0.933 bits per heavy atom. The van der Waals surface area contributed by atoms with Crippen molar-refractivity contribution in [1.29, 1.82) is 0 Å². The van der Waals surface area contributed by atoms with Crippen molar-refractivity contribution in [2.75, 3.05) is 31.1 Å². The predicted octanol–water partition coefficient (Wildman–Crippen LogP) is 3.41. The van der Waals surface area contributed by atoms with E-state index in [9.17, 15) is 4.79 Å². The molecule has 8 heteroatoms. The van der Waals surface area contributed by atoms with Gasteiger partial charge in [-0.3, -0.25) is 9.20 Å². The Hall–Kier alpha value is -3.45. The molecule has 7 nitrogen and oxygen atoms in total. The Balaban J connectivity index is 1.34. The fourth-order valence-corrected chi connectivity index (χ4v) is 3.90. The zero-order chi connectivity index (χ0) is 20.5. The summed E-state index contributed by atoms with van der Waals surface area (Å²) in [5.41, 5.74) is 2.11. The predicted molar refractivity (Wildman–Crippen MR) is 116 cm³/mol. The molecule has 0 aliphatic carbocycles. The van der Waals surface area contributed by atoms with Gasteiger partial charge in [-0.1, -0.05) is 29.8 Å². The Kier molecular flexibility index (Phi) is 4.80. The average Bonchev–Trinajstić information content (AvgIpc) is 3.23. The Morgan fingerprint density at radius 3 is 2.57 bits per heavy atom. The van der Waals surface area contributed by atoms with E-state index in [4.69, 9.17) is 11.6 Å². The number of nitrogens with zero attached hydrogens (tertiary/aromatic N) is 6. The lowest BCUT2D eigenvalue weighted by Crippen LogP contribution is -2.49. The second-order valence-electron chi connectivity index (χ2n) is 7.14. The van der Waals surface area contributed by atoms with Crippen LogP contribution in [0.15, 0.2) is 67.0 Å². The van der Waals surface area contributed by atoms with Crippen LogP contribution in [0, 0.1) is 0 Å². The number of rotatable bonds is 3. The highest BCUT2D eigenvalue weighted by Gasteiger charge is 2.23. The Bertz CT molecular complexity index is 1200. The van der Waals surface area contributed by atoms with Gasteiger partial charge in [0, 0.05) is 54.7 Å². The molecule has 0 radical (unpaired) electrons. The summed E-state index contributed by atoms with van der Waals surface area (Å²) in [4.78, 5) is 21.5. The molecule has 0 saturated carbocycles. The molecule has 0 N–H and O–H groups in total. The number of amides is 1. The molecule has 1 aliphatic heterocycles. The summed E-state index contributed by atoms with van der Waals surface area (Å²) in [6, 6.07) is 17.0. The molecule has 1 aliphatic rings. The summed E-state index contributed by atoms with van der Waals surface area (Å²) in [5, 5.41) is 9.17. The SMILES string of the molecule is O=C(c1ccn2c(-c3cccc(Cl)c3)nnc2c1)N1CCN(c2ccccn2)CC1. The first-order valence-corrected chi connectivity index (χ1v) is 10.1. The lowest BCUT2D eigenvalue weighted by atomic mass is 10.2. The Morgan fingerprint density at radius 2 is 1.80 bits per heavy atom. The van der Waals surface area contributed by atoms with Gasteiger partial charge in [-0.05, 0) is 36.4 Å². The van der Waals surface area contributed by atoms with Crippen molar-refractivity contribution in [2.24, 2.45) is 0 Å². The van der Waals surface area contributed by atoms with Crippen LogP contribution >= 0.6 is 11.6 Å². The van der Waals surface area contributed by atoms with Gasteiger partial charge in [0.15, 0.2) is 11.5 Å². The van der Waals surface area contributed by atoms with Crippen molar-refractivity contribution < 1.29 is 4.79 Å². The minimum absolute atomic E-state index is 0.00507. The van der Waals surface area contributed by atoms with E-state index in [0.717, 1.165) is 24.5 Å². The highest BCUT2D eigenvalue weighted by molar-refractivity contribution is 6.30. The summed E-state index contributed by atoms with van der Waals surface area (Å²) in [6.07, 6.45) is 3.63. The van der Waals surface area contributed by atoms with E-state index in [1.807, 2.05) is 64.0 Å². The normalized spacial score (nSPS) is 14.3. The van der Waals surface area contributed by atoms with Crippen LogP contribution in [0.1, 0.15) is 10.4 Å². The van der Waals surface area contributed by atoms with E-state index in [0.29, 0.717) is 35.1 Å². The zero-order valence-electron chi connectivity index (χ0n) is 16.1. The van der Waals surface area contributed by atoms with Crippen molar-refractivity contribution >= 4 is 29.0 Å². The number of pyridine rings is 2. The van der Waals surface area contributed by atoms with Crippen molar-refractivity contribution in [2.45, 2.75) is 0 Å². The zero-order valence-corrected chi connectivity index (χ0v) is 16.9. The largest absolute Gasteiger partial charge is 0.353 e. The summed E-state index contributed by atoms with van der Waals surface area (Å²) in [6.45, 7) is 2.83. The first-order valence-electron chi connectivity index (χ1n) is 9.75. The number of aromatic nitrogens is 4. The van der Waals surface area contributed by atoms with Crippen LogP contribution in [0.4, 0.5) is 5.82 Å². The molecule has 0 bridgehead atoms. The van der Waals surface area contributed by atoms with E-state index in [1.54, 1.807) is 12.3 Å². The quantitative estimate of drug-likeness (QED) is 0.510. The molecule has 0 unspecified atom stereocenters. The second-order valence-corrected chi connectivity index (χ2v) is 7.58. The number of fused-ring (bicyclic) bond motifs is 1. The number of halogens is 1. The van der Waals surface area contributed by atoms with Gasteiger partial charge in [-0.15, -0.1) is 10.2 Å². The third-order valence-corrected chi connectivity index (χ3v) is 5.51. The van der Waals surface area contributed by atoms with Crippen LogP contribution in [-0.4, -0.2) is 56.6 Å². The minimum atomic E-state index is 0.00507. The van der Waals surface area contributed by atoms with Gasteiger partial charge in [-0.25, -0.2) is 4.98 Å². The topological polar surface area (TPSA) is 66.6 Å². The third-order valence-electron chi connectivity index (χ3n) is 5.28. The fraction of sp³-hybridized carbons (Fsp3) is 0.182. The number of hydrogen-bond donors (Lipinski definition) is 0. The smallest absolute Gasteiger partial charge is 0.254 e. The maximum Gasteiger partial charge on any atom is 0.254 e. The molecular weight excluding hydrogens is 400 g/mol. The summed E-state index contributed by atoms with van der Waals surface area (Å²) in [7, 11) is 0. The van der Waals surface area contributed by atoms with Crippen LogP contribution in [0.25, 0.3) is 17.0 Å². The monoisotopic (exact) mass is 418 g/mol. The van der Waals surface area contributed by atoms with Gasteiger partial charge < -0.3 is 9.80 Å². The van der Waals surface area contributed by atoms with E-state index < -0.39 is 0 Å². The van der Waals surface area contributed by atoms with Crippen molar-refractivity contribution in [3.63, 3.8) is 0 Å². The van der Waals surface area contributed by atoms with Gasteiger partial charge in [0.05, 0.1) is 0 Å². The summed E-state index contributed by atoms with van der Waals surface area (Å²) >= 11 is 6.10. The van der Waals surface area contributed by atoms with Crippen LogP contribution in [0.2, 0.25) is 5.02 Å². The van der Waals surface area contributed by atoms with Crippen molar-refractivity contribution in [1.82, 2.24) is 24.5 Å². The van der Waals surface area contributed by atoms with E-state index >= 15 is 0 Å². The number of anilines is 1. The van der Waals surface area contributed by atoms with E-state index in [-0.39, 0.29) is 5.91 Å². The standard InChI is InChI=1S/C22H19ClN6O/c23-18-5-3-4-16(14-18)21-26-25-20-15-17(7-9-29(20)21)22(30)28-12-10-27(11-13-28)19-6-1-2-8-24-19/h1-9,14-15H,10-13H2. The maximum absolute atomic E-state index is 13.0. The van der Waals surface area contributed by atoms with Crippen molar-refractivity contribution in [3.05, 3.63) is 77.6 Å². The molecule has 30 heavy (non-hydrogen) atoms. The molecule has 5 rings (SSSR count). The van der Waals surface area contributed by atoms with Gasteiger partial charge >= 0.3 is 0 Å². The van der Waals surface area contributed by atoms with E-state index in [1.165, 1.54) is 0 Å². The molecule has 4 aromatic rings. The highest BCUT2D eigenvalue weighted by Crippen LogP contribution is 2.22. The molecule has 1 fully saturated rings. The first kappa shape index (κ1) is 18.6. The van der Waals surface area contributed by atoms with Crippen LogP contribution in [0.5, 0.6) is 0 Å². The molecule has 1 aromatic carbocycles. The van der Waals surface area contributed by atoms with Crippen LogP contribution in [0.3, 0.4) is 0 Å². The van der Waals surface area contributed by atoms with Crippen LogP contribution < -0.4 is 4.90 Å². The van der Waals surface area contributed by atoms with Crippen molar-refractivity contribution in [3.8, 4) is 11.4 Å². The number of piperazine rings is 1. The molecule has 1 amide bonds. The lowest BCUT2D eigenvalue weighted by Gasteiger charge is -2.35. The molecule has 4 heterocycles. The molecule has 0 atom stereocenters. The molecule has 3 aromatic heterocycles. The minimum Gasteiger partial charge on any atom is -0.353 e. The van der Waals surface area contributed by atoms with Gasteiger partial charge in [-0.2, -0.15) is 0 Å². The molecule has 150 valence electrons. The third kappa shape index (κ3) is 3.48. The summed E-state index contributed by atoms with van der Waals surface area (Å²) < 4.78 is 1.86. The van der Waals surface area contributed by atoms with E-state index in [2.05, 4.69) is 20.1 Å². The fourth-order valence-electron chi connectivity index (χ4n) is 3.71. The summed E-state index contributed by atoms with van der Waals surface area (Å²) in [5.74, 6) is 1.64. The second kappa shape index (κ2) is 7.76. The van der Waals surface area contributed by atoms with Gasteiger partial charge in [0.2, 0.25) is 0 Å². The van der Waals surface area contributed by atoms with Gasteiger partial charge in [0.25, 0.3) is 5.91 Å². The number of benzene rings is 1. The molecule has 1 saturated heterocycles. The lowest BCUT2D eigenvalue weighted by molar-refractivity contribution is 0.0746. The van der Waals surface area contributed by atoms with Crippen LogP contribution in [-0.2, 0) is 0 Å².